The van der Waals surface area contributed by atoms with Gasteiger partial charge >= 0.3 is 0 Å². The van der Waals surface area contributed by atoms with E-state index >= 15 is 0 Å². The first-order valence-corrected chi connectivity index (χ1v) is 7.05. The third kappa shape index (κ3) is 2.61. The Balaban J connectivity index is 2.00. The van der Waals surface area contributed by atoms with Crippen molar-refractivity contribution in [3.05, 3.63) is 59.4 Å². The summed E-state index contributed by atoms with van der Waals surface area (Å²) in [7, 11) is 0. The van der Waals surface area contributed by atoms with Crippen LogP contribution in [-0.4, -0.2) is 11.5 Å². The van der Waals surface area contributed by atoms with Gasteiger partial charge in [-0.3, -0.25) is 4.98 Å². The number of aromatic nitrogens is 1. The Labute approximate surface area is 122 Å². The highest BCUT2D eigenvalue weighted by molar-refractivity contribution is 5.53. The molecule has 0 spiro atoms. The van der Waals surface area contributed by atoms with Gasteiger partial charge in [0.25, 0.3) is 0 Å². The molecule has 110 valence electrons. The fourth-order valence-electron chi connectivity index (χ4n) is 2.96. The normalized spacial score (nSPS) is 18.2. The summed E-state index contributed by atoms with van der Waals surface area (Å²) in [5.74, 6) is -1.10. The molecule has 1 aromatic heterocycles. The van der Waals surface area contributed by atoms with E-state index in [1.807, 2.05) is 12.1 Å². The molecule has 1 unspecified atom stereocenters. The van der Waals surface area contributed by atoms with Gasteiger partial charge in [0.2, 0.25) is 0 Å². The lowest BCUT2D eigenvalue weighted by Crippen LogP contribution is -2.25. The second-order valence-electron chi connectivity index (χ2n) is 5.25. The monoisotopic (exact) mass is 289 g/mol. The van der Waals surface area contributed by atoms with Crippen LogP contribution in [0.2, 0.25) is 0 Å². The summed E-state index contributed by atoms with van der Waals surface area (Å²) in [6.07, 6.45) is 5.22. The highest BCUT2D eigenvalue weighted by Crippen LogP contribution is 2.38. The number of hydrogen-bond acceptors (Lipinski definition) is 3. The number of pyridine rings is 1. The number of benzene rings is 1. The first kappa shape index (κ1) is 13.9. The summed E-state index contributed by atoms with van der Waals surface area (Å²) in [6, 6.07) is 6.39. The molecule has 1 aliphatic heterocycles. The number of nitrogens with two attached hydrogens (primary N) is 1. The minimum absolute atomic E-state index is 0.0357. The van der Waals surface area contributed by atoms with Crippen molar-refractivity contribution in [2.24, 2.45) is 5.73 Å². The van der Waals surface area contributed by atoms with Gasteiger partial charge in [-0.15, -0.1) is 0 Å². The minimum Gasteiger partial charge on any atom is -0.360 e. The number of rotatable bonds is 3. The van der Waals surface area contributed by atoms with Gasteiger partial charge in [-0.25, -0.2) is 8.78 Å². The van der Waals surface area contributed by atoms with Crippen molar-refractivity contribution in [3.63, 3.8) is 0 Å². The van der Waals surface area contributed by atoms with Gasteiger partial charge in [-0.2, -0.15) is 0 Å². The van der Waals surface area contributed by atoms with Gasteiger partial charge in [0.1, 0.15) is 17.3 Å². The van der Waals surface area contributed by atoms with Crippen LogP contribution in [0.4, 0.5) is 14.5 Å². The molecule has 21 heavy (non-hydrogen) atoms. The first-order chi connectivity index (χ1) is 10.2. The molecule has 2 heterocycles. The first-order valence-electron chi connectivity index (χ1n) is 7.05. The SMILES string of the molecule is NCc1cc(F)c(N2CCCC2c2cccnc2)c(F)c1. The van der Waals surface area contributed by atoms with Crippen LogP contribution in [0, 0.1) is 11.6 Å². The number of halogens is 2. The van der Waals surface area contributed by atoms with E-state index in [2.05, 4.69) is 4.98 Å². The maximum atomic E-state index is 14.3. The molecule has 5 heteroatoms. The second kappa shape index (κ2) is 5.77. The predicted molar refractivity (Wildman–Crippen MR) is 77.8 cm³/mol. The number of hydrogen-bond donors (Lipinski definition) is 1. The molecule has 2 aromatic rings. The Morgan fingerprint density at radius 1 is 1.29 bits per heavy atom. The van der Waals surface area contributed by atoms with Crippen molar-refractivity contribution < 1.29 is 8.78 Å². The average molecular weight is 289 g/mol. The van der Waals surface area contributed by atoms with E-state index in [1.54, 1.807) is 17.3 Å². The number of anilines is 1. The van der Waals surface area contributed by atoms with Crippen molar-refractivity contribution >= 4 is 5.69 Å². The second-order valence-corrected chi connectivity index (χ2v) is 5.25. The van der Waals surface area contributed by atoms with Crippen molar-refractivity contribution in [2.45, 2.75) is 25.4 Å². The van der Waals surface area contributed by atoms with Gasteiger partial charge in [0.15, 0.2) is 0 Å². The van der Waals surface area contributed by atoms with Crippen molar-refractivity contribution in [3.8, 4) is 0 Å². The van der Waals surface area contributed by atoms with E-state index in [1.165, 1.54) is 12.1 Å². The molecule has 0 amide bonds. The average Bonchev–Trinajstić information content (AvgIpc) is 2.96. The number of nitrogens with zero attached hydrogens (tertiary/aromatic N) is 2. The molecule has 3 nitrogen and oxygen atoms in total. The molecule has 0 saturated carbocycles. The lowest BCUT2D eigenvalue weighted by Gasteiger charge is -2.28. The third-order valence-corrected chi connectivity index (χ3v) is 3.92. The van der Waals surface area contributed by atoms with Crippen molar-refractivity contribution in [1.82, 2.24) is 4.98 Å². The van der Waals surface area contributed by atoms with Crippen LogP contribution < -0.4 is 10.6 Å². The molecular formula is C16H17F2N3. The molecule has 0 aliphatic carbocycles. The van der Waals surface area contributed by atoms with E-state index in [9.17, 15) is 8.78 Å². The maximum Gasteiger partial charge on any atom is 0.149 e. The minimum atomic E-state index is -0.550. The molecule has 1 atom stereocenters. The summed E-state index contributed by atoms with van der Waals surface area (Å²) in [4.78, 5) is 5.89. The Morgan fingerprint density at radius 3 is 2.67 bits per heavy atom. The van der Waals surface area contributed by atoms with Crippen LogP contribution in [-0.2, 0) is 6.54 Å². The Bertz CT molecular complexity index is 608. The zero-order valence-electron chi connectivity index (χ0n) is 11.6. The quantitative estimate of drug-likeness (QED) is 0.943. The predicted octanol–water partition coefficient (Wildman–Crippen LogP) is 3.16. The molecule has 2 N–H and O–H groups in total. The van der Waals surface area contributed by atoms with E-state index in [0.29, 0.717) is 12.1 Å². The molecule has 1 aromatic carbocycles. The maximum absolute atomic E-state index is 14.3. The summed E-state index contributed by atoms with van der Waals surface area (Å²) >= 11 is 0. The standard InChI is InChI=1S/C16H17F2N3/c17-13-7-11(9-19)8-14(18)16(13)21-6-2-4-15(21)12-3-1-5-20-10-12/h1,3,5,7-8,10,15H,2,4,6,9,19H2. The van der Waals surface area contributed by atoms with Crippen molar-refractivity contribution in [1.29, 1.82) is 0 Å². The smallest absolute Gasteiger partial charge is 0.149 e. The van der Waals surface area contributed by atoms with E-state index < -0.39 is 11.6 Å². The van der Waals surface area contributed by atoms with Gasteiger partial charge in [0.05, 0.1) is 6.04 Å². The molecule has 3 rings (SSSR count). The summed E-state index contributed by atoms with van der Waals surface area (Å²) in [5, 5.41) is 0. The van der Waals surface area contributed by atoms with Gasteiger partial charge in [-0.05, 0) is 42.2 Å². The molecule has 1 saturated heterocycles. The van der Waals surface area contributed by atoms with Crippen LogP contribution in [0.25, 0.3) is 0 Å². The van der Waals surface area contributed by atoms with E-state index in [-0.39, 0.29) is 18.3 Å². The Morgan fingerprint density at radius 2 is 2.05 bits per heavy atom. The van der Waals surface area contributed by atoms with Crippen LogP contribution in [0.15, 0.2) is 36.7 Å². The highest BCUT2D eigenvalue weighted by atomic mass is 19.1. The fourth-order valence-corrected chi connectivity index (χ4v) is 2.96. The van der Waals surface area contributed by atoms with Gasteiger partial charge in [-0.1, -0.05) is 6.07 Å². The van der Waals surface area contributed by atoms with Gasteiger partial charge in [0, 0.05) is 25.5 Å². The van der Waals surface area contributed by atoms with E-state index in [4.69, 9.17) is 5.73 Å². The lowest BCUT2D eigenvalue weighted by molar-refractivity contribution is 0.562. The van der Waals surface area contributed by atoms with Crippen LogP contribution >= 0.6 is 0 Å². The lowest BCUT2D eigenvalue weighted by atomic mass is 10.1. The fraction of sp³-hybridized carbons (Fsp3) is 0.312. The summed E-state index contributed by atoms with van der Waals surface area (Å²) in [5.41, 5.74) is 6.94. The summed E-state index contributed by atoms with van der Waals surface area (Å²) < 4.78 is 28.6. The summed E-state index contributed by atoms with van der Waals surface area (Å²) in [6.45, 7) is 0.759. The third-order valence-electron chi connectivity index (χ3n) is 3.92. The molecule has 0 radical (unpaired) electrons. The highest BCUT2D eigenvalue weighted by Gasteiger charge is 2.30. The van der Waals surface area contributed by atoms with Crippen molar-refractivity contribution in [2.75, 3.05) is 11.4 Å². The molecule has 0 bridgehead atoms. The van der Waals surface area contributed by atoms with Gasteiger partial charge < -0.3 is 10.6 Å². The Kier molecular flexibility index (Phi) is 3.84. The molecular weight excluding hydrogens is 272 g/mol. The molecule has 1 aliphatic rings. The largest absolute Gasteiger partial charge is 0.360 e. The van der Waals surface area contributed by atoms with Crippen LogP contribution in [0.3, 0.4) is 0 Å². The van der Waals surface area contributed by atoms with Crippen LogP contribution in [0.5, 0.6) is 0 Å². The zero-order valence-corrected chi connectivity index (χ0v) is 11.6. The van der Waals surface area contributed by atoms with Crippen LogP contribution in [0.1, 0.15) is 30.0 Å². The topological polar surface area (TPSA) is 42.1 Å². The molecule has 1 fully saturated rings. The van der Waals surface area contributed by atoms with E-state index in [0.717, 1.165) is 18.4 Å². The zero-order chi connectivity index (χ0) is 14.8. The Hall–Kier alpha value is -2.01.